The molecule has 6 N–H and O–H groups in total. The number of carbonyl (C=O) groups excluding carboxylic acids is 1. The van der Waals surface area contributed by atoms with Crippen molar-refractivity contribution in [3.05, 3.63) is 47.0 Å². The summed E-state index contributed by atoms with van der Waals surface area (Å²) in [5.41, 5.74) is 1.16. The van der Waals surface area contributed by atoms with Crippen LogP contribution in [0.25, 0.3) is 0 Å². The largest absolute Gasteiger partial charge is 0.508 e. The van der Waals surface area contributed by atoms with E-state index in [4.69, 9.17) is 14.2 Å². The minimum atomic E-state index is -1.65. The summed E-state index contributed by atoms with van der Waals surface area (Å²) in [6, 6.07) is 7.49. The van der Waals surface area contributed by atoms with E-state index in [-0.39, 0.29) is 29.2 Å². The van der Waals surface area contributed by atoms with Crippen LogP contribution in [0.2, 0.25) is 0 Å². The van der Waals surface area contributed by atoms with Crippen molar-refractivity contribution in [1.29, 1.82) is 0 Å². The Morgan fingerprint density at radius 3 is 2.30 bits per heavy atom. The van der Waals surface area contributed by atoms with E-state index in [1.54, 1.807) is 12.1 Å². The Morgan fingerprint density at radius 1 is 0.970 bits per heavy atom. The van der Waals surface area contributed by atoms with Gasteiger partial charge in [0.1, 0.15) is 35.9 Å². The maximum atomic E-state index is 12.5. The Morgan fingerprint density at radius 2 is 1.67 bits per heavy atom. The molecular weight excluding hydrogens is 436 g/mol. The third kappa shape index (κ3) is 5.21. The molecule has 1 aliphatic rings. The number of methoxy groups -OCH3 is 1. The quantitative estimate of drug-likeness (QED) is 0.299. The zero-order chi connectivity index (χ0) is 24.3. The summed E-state index contributed by atoms with van der Waals surface area (Å²) >= 11 is 0. The molecule has 5 unspecified atom stereocenters. The van der Waals surface area contributed by atoms with Gasteiger partial charge in [0, 0.05) is 5.56 Å². The number of ketones is 1. The van der Waals surface area contributed by atoms with Crippen LogP contribution in [0.5, 0.6) is 23.0 Å². The fourth-order valence-corrected chi connectivity index (χ4v) is 3.79. The summed E-state index contributed by atoms with van der Waals surface area (Å²) in [5.74, 6) is -0.259. The maximum Gasteiger partial charge on any atom is 0.229 e. The van der Waals surface area contributed by atoms with Gasteiger partial charge >= 0.3 is 0 Å². The van der Waals surface area contributed by atoms with Gasteiger partial charge in [0.25, 0.3) is 0 Å². The van der Waals surface area contributed by atoms with Crippen LogP contribution in [-0.4, -0.2) is 80.8 Å². The van der Waals surface area contributed by atoms with E-state index in [0.29, 0.717) is 17.7 Å². The molecule has 0 bridgehead atoms. The Balaban J connectivity index is 1.88. The van der Waals surface area contributed by atoms with Gasteiger partial charge in [0.15, 0.2) is 17.3 Å². The van der Waals surface area contributed by atoms with Crippen molar-refractivity contribution in [2.75, 3.05) is 13.7 Å². The number of Topliss-reactive ketones (excluding diaryl/α,β-unsaturated/α-hetero) is 1. The predicted molar refractivity (Wildman–Crippen MR) is 115 cm³/mol. The molecule has 180 valence electrons. The lowest BCUT2D eigenvalue weighted by Gasteiger charge is -2.39. The highest BCUT2D eigenvalue weighted by atomic mass is 16.7. The van der Waals surface area contributed by atoms with E-state index in [1.165, 1.54) is 32.2 Å². The first-order valence-corrected chi connectivity index (χ1v) is 10.4. The summed E-state index contributed by atoms with van der Waals surface area (Å²) in [7, 11) is 1.43. The van der Waals surface area contributed by atoms with Crippen molar-refractivity contribution in [2.45, 2.75) is 50.5 Å². The van der Waals surface area contributed by atoms with Crippen molar-refractivity contribution in [1.82, 2.24) is 0 Å². The first-order chi connectivity index (χ1) is 15.7. The van der Waals surface area contributed by atoms with Gasteiger partial charge in [-0.15, -0.1) is 0 Å². The van der Waals surface area contributed by atoms with Crippen molar-refractivity contribution < 1.29 is 49.6 Å². The second-order valence-electron chi connectivity index (χ2n) is 7.81. The standard InChI is InChI=1S/C23H28O10/c1-11(25)19-13(5-3-12-4-6-15(27)17(9-12)31-2)14(26)7-8-16(19)32-23-22(30)21(29)20(28)18(10-24)33-23/h4,6-9,18,20-24,26-30H,3,5,10H2,1-2H3. The average Bonchev–Trinajstić information content (AvgIpc) is 2.79. The van der Waals surface area contributed by atoms with Crippen molar-refractivity contribution in [2.24, 2.45) is 0 Å². The number of aromatic hydroxyl groups is 2. The summed E-state index contributed by atoms with van der Waals surface area (Å²) in [6.07, 6.45) is -6.84. The van der Waals surface area contributed by atoms with E-state index in [9.17, 15) is 35.4 Å². The highest BCUT2D eigenvalue weighted by Gasteiger charge is 2.45. The molecule has 33 heavy (non-hydrogen) atoms. The third-order valence-electron chi connectivity index (χ3n) is 5.60. The van der Waals surface area contributed by atoms with Crippen LogP contribution in [0, 0.1) is 0 Å². The maximum absolute atomic E-state index is 12.5. The summed E-state index contributed by atoms with van der Waals surface area (Å²) in [5, 5.41) is 59.7. The summed E-state index contributed by atoms with van der Waals surface area (Å²) in [6.45, 7) is 0.670. The van der Waals surface area contributed by atoms with Gasteiger partial charge in [-0.3, -0.25) is 4.79 Å². The first kappa shape index (κ1) is 24.7. The van der Waals surface area contributed by atoms with Crippen LogP contribution in [-0.2, 0) is 17.6 Å². The zero-order valence-electron chi connectivity index (χ0n) is 18.2. The number of carbonyl (C=O) groups is 1. The number of phenolic OH excluding ortho intramolecular Hbond substituents is 2. The van der Waals surface area contributed by atoms with Gasteiger partial charge in [-0.1, -0.05) is 6.07 Å². The highest BCUT2D eigenvalue weighted by molar-refractivity contribution is 5.99. The average molecular weight is 464 g/mol. The molecule has 2 aromatic carbocycles. The number of benzene rings is 2. The molecule has 1 heterocycles. The Hall–Kier alpha value is -2.89. The van der Waals surface area contributed by atoms with E-state index < -0.39 is 43.1 Å². The summed E-state index contributed by atoms with van der Waals surface area (Å²) in [4.78, 5) is 12.5. The Kier molecular flexibility index (Phi) is 7.77. The lowest BCUT2D eigenvalue weighted by atomic mass is 9.95. The van der Waals surface area contributed by atoms with Crippen LogP contribution in [0.4, 0.5) is 0 Å². The first-order valence-electron chi connectivity index (χ1n) is 10.4. The second kappa shape index (κ2) is 10.4. The lowest BCUT2D eigenvalue weighted by Crippen LogP contribution is -2.60. The molecule has 1 aliphatic heterocycles. The topological polar surface area (TPSA) is 166 Å². The van der Waals surface area contributed by atoms with Crippen LogP contribution in [0.3, 0.4) is 0 Å². The molecule has 3 rings (SSSR count). The third-order valence-corrected chi connectivity index (χ3v) is 5.60. The minimum absolute atomic E-state index is 0.00270. The van der Waals surface area contributed by atoms with Crippen LogP contribution < -0.4 is 9.47 Å². The molecule has 5 atom stereocenters. The van der Waals surface area contributed by atoms with Crippen molar-refractivity contribution in [3.8, 4) is 23.0 Å². The van der Waals surface area contributed by atoms with Crippen LogP contribution in [0.1, 0.15) is 28.4 Å². The molecule has 1 fully saturated rings. The smallest absolute Gasteiger partial charge is 0.229 e. The molecule has 0 saturated carbocycles. The molecule has 0 aromatic heterocycles. The lowest BCUT2D eigenvalue weighted by molar-refractivity contribution is -0.277. The molecule has 0 radical (unpaired) electrons. The molecule has 0 spiro atoms. The van der Waals surface area contributed by atoms with Gasteiger partial charge in [0.05, 0.1) is 19.3 Å². The Bertz CT molecular complexity index is 989. The number of phenols is 2. The van der Waals surface area contributed by atoms with Gasteiger partial charge in [-0.2, -0.15) is 0 Å². The van der Waals surface area contributed by atoms with Crippen molar-refractivity contribution >= 4 is 5.78 Å². The molecule has 0 amide bonds. The number of hydrogen-bond donors (Lipinski definition) is 6. The normalized spacial score (nSPS) is 25.0. The van der Waals surface area contributed by atoms with Crippen molar-refractivity contribution in [3.63, 3.8) is 0 Å². The number of aryl methyl sites for hydroxylation is 1. The van der Waals surface area contributed by atoms with Gasteiger partial charge < -0.3 is 44.8 Å². The SMILES string of the molecule is COc1cc(CCc2c(O)ccc(OC3OC(CO)C(O)C(O)C3O)c2C(C)=O)ccc1O. The van der Waals surface area contributed by atoms with E-state index in [2.05, 4.69) is 0 Å². The number of aliphatic hydroxyl groups excluding tert-OH is 4. The number of aliphatic hydroxyl groups is 4. The number of ether oxygens (including phenoxy) is 3. The monoisotopic (exact) mass is 464 g/mol. The fourth-order valence-electron chi connectivity index (χ4n) is 3.79. The van der Waals surface area contributed by atoms with Crippen LogP contribution >= 0.6 is 0 Å². The van der Waals surface area contributed by atoms with E-state index >= 15 is 0 Å². The fraction of sp³-hybridized carbons (Fsp3) is 0.435. The Labute approximate surface area is 190 Å². The summed E-state index contributed by atoms with van der Waals surface area (Å²) < 4.78 is 16.1. The zero-order valence-corrected chi connectivity index (χ0v) is 18.2. The molecule has 10 nitrogen and oxygen atoms in total. The van der Waals surface area contributed by atoms with E-state index in [1.807, 2.05) is 0 Å². The predicted octanol–water partition coefficient (Wildman–Crippen LogP) is 0.273. The molecule has 2 aromatic rings. The molecule has 10 heteroatoms. The second-order valence-corrected chi connectivity index (χ2v) is 7.81. The number of rotatable bonds is 8. The van der Waals surface area contributed by atoms with Crippen LogP contribution in [0.15, 0.2) is 30.3 Å². The number of hydrogen-bond acceptors (Lipinski definition) is 10. The van der Waals surface area contributed by atoms with Gasteiger partial charge in [0.2, 0.25) is 6.29 Å². The molecule has 1 saturated heterocycles. The minimum Gasteiger partial charge on any atom is -0.508 e. The van der Waals surface area contributed by atoms with Gasteiger partial charge in [-0.25, -0.2) is 0 Å². The highest BCUT2D eigenvalue weighted by Crippen LogP contribution is 2.34. The van der Waals surface area contributed by atoms with Gasteiger partial charge in [-0.05, 0) is 49.6 Å². The molecule has 0 aliphatic carbocycles. The van der Waals surface area contributed by atoms with E-state index in [0.717, 1.165) is 5.56 Å². The molecular formula is C23H28O10.